The molecule has 0 aliphatic heterocycles. The van der Waals surface area contributed by atoms with E-state index in [-0.39, 0.29) is 23.0 Å². The maximum atomic E-state index is 13.9. The fourth-order valence-corrected chi connectivity index (χ4v) is 6.18. The van der Waals surface area contributed by atoms with Gasteiger partial charge in [-0.25, -0.2) is 8.42 Å². The van der Waals surface area contributed by atoms with Crippen LogP contribution in [0.4, 0.5) is 5.69 Å². The molecule has 0 heterocycles. The number of sulfonamides is 1. The molecule has 0 saturated heterocycles. The number of nitrogens with zero attached hydrogens (tertiary/aromatic N) is 2. The lowest BCUT2D eigenvalue weighted by atomic mass is 10.1. The minimum Gasteiger partial charge on any atom is -0.354 e. The highest BCUT2D eigenvalue weighted by molar-refractivity contribution is 9.10. The van der Waals surface area contributed by atoms with Crippen LogP contribution in [0.1, 0.15) is 32.3 Å². The van der Waals surface area contributed by atoms with Crippen LogP contribution in [0.5, 0.6) is 0 Å². The number of carbonyl (C=O) groups excluding carboxylic acids is 2. The summed E-state index contributed by atoms with van der Waals surface area (Å²) in [5, 5.41) is 3.51. The van der Waals surface area contributed by atoms with Crippen LogP contribution in [0.15, 0.2) is 82.2 Å². The standard InChI is InChI=1S/C28H30BrCl2N3O4S/c1-3-4-16-32-28(36)20(2)33(18-24-25(30)14-9-15-26(24)31)27(35)19-34(22-11-8-10-21(29)17-22)39(37,38)23-12-6-5-7-13-23/h5-15,17,20H,3-4,16,18-19H2,1-2H3,(H,32,36)/t20-/m1/s1. The molecule has 11 heteroatoms. The molecular weight excluding hydrogens is 625 g/mol. The summed E-state index contributed by atoms with van der Waals surface area (Å²) >= 11 is 16.2. The third-order valence-corrected chi connectivity index (χ3v) is 9.08. The Hall–Kier alpha value is -2.59. The van der Waals surface area contributed by atoms with Gasteiger partial charge in [0.1, 0.15) is 12.6 Å². The fraction of sp³-hybridized carbons (Fsp3) is 0.286. The number of nitrogens with one attached hydrogen (secondary N) is 1. The normalized spacial score (nSPS) is 12.0. The molecule has 7 nitrogen and oxygen atoms in total. The second-order valence-electron chi connectivity index (χ2n) is 8.85. The van der Waals surface area contributed by atoms with Crippen molar-refractivity contribution in [1.29, 1.82) is 0 Å². The van der Waals surface area contributed by atoms with E-state index in [0.717, 1.165) is 17.1 Å². The average molecular weight is 655 g/mol. The summed E-state index contributed by atoms with van der Waals surface area (Å²) in [4.78, 5) is 28.3. The summed E-state index contributed by atoms with van der Waals surface area (Å²) in [6.07, 6.45) is 1.68. The van der Waals surface area contributed by atoms with Crippen LogP contribution < -0.4 is 9.62 Å². The van der Waals surface area contributed by atoms with Crippen LogP contribution in [-0.2, 0) is 26.2 Å². The van der Waals surface area contributed by atoms with E-state index in [4.69, 9.17) is 23.2 Å². The van der Waals surface area contributed by atoms with Crippen LogP contribution in [0, 0.1) is 0 Å². The lowest BCUT2D eigenvalue weighted by Crippen LogP contribution is -2.51. The van der Waals surface area contributed by atoms with Gasteiger partial charge >= 0.3 is 0 Å². The first kappa shape index (κ1) is 30.9. The van der Waals surface area contributed by atoms with E-state index in [9.17, 15) is 18.0 Å². The van der Waals surface area contributed by atoms with Crippen molar-refractivity contribution in [1.82, 2.24) is 10.2 Å². The SMILES string of the molecule is CCCCNC(=O)[C@@H](C)N(Cc1c(Cl)cccc1Cl)C(=O)CN(c1cccc(Br)c1)S(=O)(=O)c1ccccc1. The average Bonchev–Trinajstić information content (AvgIpc) is 2.91. The molecule has 208 valence electrons. The zero-order valence-corrected chi connectivity index (χ0v) is 25.5. The van der Waals surface area contributed by atoms with Crippen LogP contribution >= 0.6 is 39.1 Å². The second kappa shape index (κ2) is 14.2. The van der Waals surface area contributed by atoms with Crippen LogP contribution in [0.2, 0.25) is 10.0 Å². The van der Waals surface area contributed by atoms with E-state index < -0.39 is 28.5 Å². The van der Waals surface area contributed by atoms with Gasteiger partial charge in [0.05, 0.1) is 10.6 Å². The second-order valence-corrected chi connectivity index (χ2v) is 12.4. The van der Waals surface area contributed by atoms with Crippen molar-refractivity contribution in [3.63, 3.8) is 0 Å². The molecule has 0 aliphatic rings. The largest absolute Gasteiger partial charge is 0.354 e. The quantitative estimate of drug-likeness (QED) is 0.233. The number of rotatable bonds is 12. The van der Waals surface area contributed by atoms with Crippen LogP contribution in [-0.4, -0.2) is 44.3 Å². The lowest BCUT2D eigenvalue weighted by molar-refractivity contribution is -0.139. The number of hydrogen-bond donors (Lipinski definition) is 1. The zero-order valence-electron chi connectivity index (χ0n) is 21.6. The van der Waals surface area contributed by atoms with Gasteiger partial charge in [0, 0.05) is 33.2 Å². The highest BCUT2D eigenvalue weighted by atomic mass is 79.9. The molecule has 0 unspecified atom stereocenters. The molecule has 3 aromatic carbocycles. The maximum Gasteiger partial charge on any atom is 0.264 e. The Morgan fingerprint density at radius 2 is 1.62 bits per heavy atom. The predicted molar refractivity (Wildman–Crippen MR) is 160 cm³/mol. The number of benzene rings is 3. The van der Waals surface area contributed by atoms with Gasteiger partial charge in [0.25, 0.3) is 10.0 Å². The van der Waals surface area contributed by atoms with E-state index >= 15 is 0 Å². The molecule has 1 N–H and O–H groups in total. The minimum absolute atomic E-state index is 0.0313. The number of unbranched alkanes of at least 4 members (excludes halogenated alkanes) is 1. The van der Waals surface area contributed by atoms with E-state index in [1.165, 1.54) is 17.0 Å². The molecule has 39 heavy (non-hydrogen) atoms. The number of amides is 2. The Balaban J connectivity index is 2.03. The van der Waals surface area contributed by atoms with E-state index in [1.807, 2.05) is 6.92 Å². The van der Waals surface area contributed by atoms with E-state index in [2.05, 4.69) is 21.2 Å². The molecule has 1 atom stereocenters. The topological polar surface area (TPSA) is 86.8 Å². The van der Waals surface area contributed by atoms with Gasteiger partial charge in [-0.05, 0) is 55.8 Å². The van der Waals surface area contributed by atoms with Gasteiger partial charge in [0.2, 0.25) is 11.8 Å². The Morgan fingerprint density at radius 3 is 2.23 bits per heavy atom. The molecule has 0 radical (unpaired) electrons. The molecular formula is C28H30BrCl2N3O4S. The molecule has 0 aromatic heterocycles. The van der Waals surface area contributed by atoms with Crippen molar-refractivity contribution in [3.8, 4) is 0 Å². The van der Waals surface area contributed by atoms with Gasteiger partial charge in [-0.15, -0.1) is 0 Å². The molecule has 0 fully saturated rings. The monoisotopic (exact) mass is 653 g/mol. The third kappa shape index (κ3) is 7.97. The first-order valence-corrected chi connectivity index (χ1v) is 15.4. The van der Waals surface area contributed by atoms with Crippen LogP contribution in [0.3, 0.4) is 0 Å². The summed E-state index contributed by atoms with van der Waals surface area (Å²) in [5.41, 5.74) is 0.750. The van der Waals surface area contributed by atoms with Crippen molar-refractivity contribution in [2.45, 2.75) is 44.2 Å². The Morgan fingerprint density at radius 1 is 0.974 bits per heavy atom. The van der Waals surface area contributed by atoms with Crippen molar-refractivity contribution in [2.24, 2.45) is 0 Å². The summed E-state index contributed by atoms with van der Waals surface area (Å²) in [6.45, 7) is 3.43. The molecule has 2 amide bonds. The molecule has 0 aliphatic carbocycles. The number of halogens is 3. The van der Waals surface area contributed by atoms with E-state index in [0.29, 0.717) is 26.6 Å². The Kier molecular flexibility index (Phi) is 11.2. The smallest absolute Gasteiger partial charge is 0.264 e. The third-order valence-electron chi connectivity index (χ3n) is 6.09. The Bertz CT molecular complexity index is 1390. The van der Waals surface area contributed by atoms with Gasteiger partial charge in [0.15, 0.2) is 0 Å². The summed E-state index contributed by atoms with van der Waals surface area (Å²) in [6, 6.07) is 18.6. The van der Waals surface area contributed by atoms with Gasteiger partial charge in [-0.1, -0.05) is 82.8 Å². The summed E-state index contributed by atoms with van der Waals surface area (Å²) in [7, 11) is -4.14. The van der Waals surface area contributed by atoms with Crippen molar-refractivity contribution in [3.05, 3.63) is 92.9 Å². The summed E-state index contributed by atoms with van der Waals surface area (Å²) in [5.74, 6) is -0.955. The van der Waals surface area contributed by atoms with Crippen molar-refractivity contribution < 1.29 is 18.0 Å². The molecule has 0 saturated carbocycles. The molecule has 0 spiro atoms. The molecule has 3 aromatic rings. The first-order chi connectivity index (χ1) is 18.6. The minimum atomic E-state index is -4.14. The highest BCUT2D eigenvalue weighted by Gasteiger charge is 2.33. The molecule has 3 rings (SSSR count). The van der Waals surface area contributed by atoms with E-state index in [1.54, 1.807) is 67.6 Å². The number of hydrogen-bond acceptors (Lipinski definition) is 4. The first-order valence-electron chi connectivity index (χ1n) is 12.4. The van der Waals surface area contributed by atoms with Crippen molar-refractivity contribution in [2.75, 3.05) is 17.4 Å². The van der Waals surface area contributed by atoms with Crippen molar-refractivity contribution >= 4 is 66.7 Å². The zero-order chi connectivity index (χ0) is 28.6. The Labute approximate surface area is 248 Å². The highest BCUT2D eigenvalue weighted by Crippen LogP contribution is 2.29. The van der Waals surface area contributed by atoms with Gasteiger partial charge < -0.3 is 10.2 Å². The van der Waals surface area contributed by atoms with Gasteiger partial charge in [-0.2, -0.15) is 0 Å². The molecule has 0 bridgehead atoms. The number of anilines is 1. The lowest BCUT2D eigenvalue weighted by Gasteiger charge is -2.32. The van der Waals surface area contributed by atoms with Gasteiger partial charge in [-0.3, -0.25) is 13.9 Å². The van der Waals surface area contributed by atoms with Crippen LogP contribution in [0.25, 0.3) is 0 Å². The summed E-state index contributed by atoms with van der Waals surface area (Å²) < 4.78 is 29.2. The number of carbonyl (C=O) groups is 2. The predicted octanol–water partition coefficient (Wildman–Crippen LogP) is 6.28. The fourth-order valence-electron chi connectivity index (χ4n) is 3.85. The maximum absolute atomic E-state index is 13.9.